The zero-order valence-corrected chi connectivity index (χ0v) is 12.6. The molecule has 98 valence electrons. The molecular weight excluding hydrogens is 298 g/mol. The van der Waals surface area contributed by atoms with Gasteiger partial charge in [0, 0.05) is 11.1 Å². The largest absolute Gasteiger partial charge is 0.399 e. The minimum Gasteiger partial charge on any atom is -0.399 e. The fourth-order valence-corrected chi connectivity index (χ4v) is 4.71. The van der Waals surface area contributed by atoms with E-state index >= 15 is 0 Å². The maximum atomic E-state index is 12.3. The van der Waals surface area contributed by atoms with Crippen LogP contribution >= 0.6 is 22.7 Å². The van der Waals surface area contributed by atoms with Gasteiger partial charge in [-0.25, -0.2) is 9.97 Å². The lowest BCUT2D eigenvalue weighted by Gasteiger charge is -1.93. The van der Waals surface area contributed by atoms with E-state index in [2.05, 4.69) is 9.97 Å². The van der Waals surface area contributed by atoms with Crippen LogP contribution in [0.5, 0.6) is 0 Å². The van der Waals surface area contributed by atoms with E-state index in [9.17, 15) is 4.21 Å². The average molecular weight is 309 g/mol. The lowest BCUT2D eigenvalue weighted by Crippen LogP contribution is -1.96. The van der Waals surface area contributed by atoms with Crippen LogP contribution in [0.2, 0.25) is 0 Å². The number of nitrogens with two attached hydrogens (primary N) is 1. The Hall–Kier alpha value is -1.31. The minimum absolute atomic E-state index is 0.416. The van der Waals surface area contributed by atoms with Crippen LogP contribution in [0.25, 0.3) is 10.2 Å². The van der Waals surface area contributed by atoms with Crippen LogP contribution in [-0.2, 0) is 16.6 Å². The number of hydrogen-bond acceptors (Lipinski definition) is 6. The quantitative estimate of drug-likeness (QED) is 0.755. The molecular formula is C12H11N3OS3. The second-order valence-electron chi connectivity index (χ2n) is 4.05. The van der Waals surface area contributed by atoms with Gasteiger partial charge in [0.1, 0.15) is 0 Å². The summed E-state index contributed by atoms with van der Waals surface area (Å²) >= 11 is 3.00. The second-order valence-corrected chi connectivity index (χ2v) is 7.77. The van der Waals surface area contributed by atoms with Gasteiger partial charge in [0.15, 0.2) is 4.34 Å². The van der Waals surface area contributed by atoms with Gasteiger partial charge >= 0.3 is 0 Å². The molecule has 2 N–H and O–H groups in total. The van der Waals surface area contributed by atoms with E-state index in [4.69, 9.17) is 5.73 Å². The van der Waals surface area contributed by atoms with E-state index in [1.165, 1.54) is 11.3 Å². The Labute approximate surface area is 120 Å². The first-order chi connectivity index (χ1) is 9.11. The average Bonchev–Trinajstić information content (AvgIpc) is 2.95. The summed E-state index contributed by atoms with van der Waals surface area (Å²) in [6.45, 7) is 1.94. The molecule has 0 aliphatic heterocycles. The van der Waals surface area contributed by atoms with Crippen LogP contribution < -0.4 is 5.73 Å². The second kappa shape index (κ2) is 4.99. The lowest BCUT2D eigenvalue weighted by molar-refractivity contribution is 0.681. The molecule has 0 aliphatic carbocycles. The smallest absolute Gasteiger partial charge is 0.182 e. The monoisotopic (exact) mass is 309 g/mol. The molecule has 2 heterocycles. The van der Waals surface area contributed by atoms with Crippen LogP contribution in [0.4, 0.5) is 5.69 Å². The van der Waals surface area contributed by atoms with Crippen molar-refractivity contribution in [3.63, 3.8) is 0 Å². The molecule has 4 nitrogen and oxygen atoms in total. The van der Waals surface area contributed by atoms with E-state index < -0.39 is 10.8 Å². The maximum absolute atomic E-state index is 12.3. The predicted molar refractivity (Wildman–Crippen MR) is 81.0 cm³/mol. The highest BCUT2D eigenvalue weighted by Crippen LogP contribution is 2.27. The standard InChI is InChI=1S/C12H11N3OS3/c1-7-14-9(5-17-7)6-19(16)12-15-10-3-2-8(13)4-11(10)18-12/h2-5H,6,13H2,1H3. The molecule has 3 aromatic rings. The molecule has 3 rings (SSSR count). The third-order valence-electron chi connectivity index (χ3n) is 2.53. The molecule has 2 aromatic heterocycles. The van der Waals surface area contributed by atoms with Crippen molar-refractivity contribution in [1.29, 1.82) is 0 Å². The molecule has 1 unspecified atom stereocenters. The van der Waals surface area contributed by atoms with Gasteiger partial charge in [0.25, 0.3) is 0 Å². The SMILES string of the molecule is Cc1nc(CS(=O)c2nc3ccc(N)cc3s2)cs1. The van der Waals surface area contributed by atoms with Crippen LogP contribution in [0.15, 0.2) is 27.9 Å². The summed E-state index contributed by atoms with van der Waals surface area (Å²) in [5.74, 6) is 0.416. The molecule has 0 aliphatic rings. The normalized spacial score (nSPS) is 12.9. The lowest BCUT2D eigenvalue weighted by atomic mass is 10.3. The molecule has 0 amide bonds. The van der Waals surface area contributed by atoms with Gasteiger partial charge in [-0.1, -0.05) is 0 Å². The van der Waals surface area contributed by atoms with Crippen molar-refractivity contribution in [3.05, 3.63) is 34.3 Å². The summed E-state index contributed by atoms with van der Waals surface area (Å²) in [6, 6.07) is 5.52. The molecule has 0 saturated heterocycles. The fourth-order valence-electron chi connectivity index (χ4n) is 1.69. The van der Waals surface area contributed by atoms with E-state index in [0.29, 0.717) is 15.8 Å². The Morgan fingerprint density at radius 2 is 2.21 bits per heavy atom. The van der Waals surface area contributed by atoms with Crippen LogP contribution in [0, 0.1) is 6.92 Å². The third kappa shape index (κ3) is 2.68. The number of aryl methyl sites for hydroxylation is 1. The Kier molecular flexibility index (Phi) is 3.34. The van der Waals surface area contributed by atoms with Gasteiger partial charge in [0.05, 0.1) is 37.5 Å². The van der Waals surface area contributed by atoms with Gasteiger partial charge in [-0.3, -0.25) is 4.21 Å². The van der Waals surface area contributed by atoms with Gasteiger partial charge in [-0.15, -0.1) is 22.7 Å². The van der Waals surface area contributed by atoms with E-state index in [-0.39, 0.29) is 0 Å². The van der Waals surface area contributed by atoms with Gasteiger partial charge in [-0.2, -0.15) is 0 Å². The third-order valence-corrected chi connectivity index (χ3v) is 6.01. The van der Waals surface area contributed by atoms with Crippen LogP contribution in [0.1, 0.15) is 10.7 Å². The summed E-state index contributed by atoms with van der Waals surface area (Å²) in [5.41, 5.74) is 8.13. The van der Waals surface area contributed by atoms with Crippen molar-refractivity contribution >= 4 is 49.4 Å². The van der Waals surface area contributed by atoms with E-state index in [0.717, 1.165) is 20.9 Å². The molecule has 0 fully saturated rings. The molecule has 7 heteroatoms. The van der Waals surface area contributed by atoms with Crippen molar-refractivity contribution in [2.75, 3.05) is 5.73 Å². The summed E-state index contributed by atoms with van der Waals surface area (Å²) in [6.07, 6.45) is 0. The van der Waals surface area contributed by atoms with E-state index in [1.807, 2.05) is 24.4 Å². The van der Waals surface area contributed by atoms with Gasteiger partial charge in [-0.05, 0) is 25.1 Å². The Morgan fingerprint density at radius 1 is 1.37 bits per heavy atom. The molecule has 1 aromatic carbocycles. The summed E-state index contributed by atoms with van der Waals surface area (Å²) in [5, 5.41) is 2.93. The number of nitrogens with zero attached hydrogens (tertiary/aromatic N) is 2. The number of nitrogen functional groups attached to an aromatic ring is 1. The molecule has 0 radical (unpaired) electrons. The number of fused-ring (bicyclic) bond motifs is 1. The molecule has 1 atom stereocenters. The van der Waals surface area contributed by atoms with E-state index in [1.54, 1.807) is 17.4 Å². The molecule has 19 heavy (non-hydrogen) atoms. The molecule has 0 bridgehead atoms. The number of anilines is 1. The predicted octanol–water partition coefficient (Wildman–Crippen LogP) is 2.95. The van der Waals surface area contributed by atoms with Crippen molar-refractivity contribution in [2.24, 2.45) is 0 Å². The summed E-state index contributed by atoms with van der Waals surface area (Å²) in [4.78, 5) is 8.72. The highest BCUT2D eigenvalue weighted by Gasteiger charge is 2.13. The first-order valence-electron chi connectivity index (χ1n) is 5.57. The Bertz CT molecular complexity index is 763. The van der Waals surface area contributed by atoms with Crippen molar-refractivity contribution in [3.8, 4) is 0 Å². The molecule has 0 saturated carbocycles. The minimum atomic E-state index is -1.15. The van der Waals surface area contributed by atoms with Gasteiger partial charge in [0.2, 0.25) is 0 Å². The zero-order valence-electron chi connectivity index (χ0n) is 10.1. The summed E-state index contributed by atoms with van der Waals surface area (Å²) in [7, 11) is -1.15. The van der Waals surface area contributed by atoms with Crippen molar-refractivity contribution in [1.82, 2.24) is 9.97 Å². The summed E-state index contributed by atoms with van der Waals surface area (Å²) < 4.78 is 13.9. The number of benzene rings is 1. The number of aromatic nitrogens is 2. The van der Waals surface area contributed by atoms with Crippen molar-refractivity contribution < 1.29 is 4.21 Å². The Morgan fingerprint density at radius 3 is 2.95 bits per heavy atom. The zero-order chi connectivity index (χ0) is 13.4. The number of thiazole rings is 2. The topological polar surface area (TPSA) is 68.9 Å². The van der Waals surface area contributed by atoms with Crippen LogP contribution in [0.3, 0.4) is 0 Å². The first-order valence-corrected chi connectivity index (χ1v) is 8.59. The van der Waals surface area contributed by atoms with Crippen molar-refractivity contribution in [2.45, 2.75) is 17.0 Å². The van der Waals surface area contributed by atoms with Crippen LogP contribution in [-0.4, -0.2) is 14.2 Å². The number of hydrogen-bond donors (Lipinski definition) is 1. The highest BCUT2D eigenvalue weighted by atomic mass is 32.2. The molecule has 0 spiro atoms. The number of rotatable bonds is 3. The Balaban J connectivity index is 1.89. The maximum Gasteiger partial charge on any atom is 0.182 e. The highest BCUT2D eigenvalue weighted by molar-refractivity contribution is 7.86. The first kappa shape index (κ1) is 12.7. The fraction of sp³-hybridized carbons (Fsp3) is 0.167. The van der Waals surface area contributed by atoms with Gasteiger partial charge < -0.3 is 5.73 Å².